The van der Waals surface area contributed by atoms with Crippen molar-refractivity contribution < 1.29 is 28.8 Å². The fourth-order valence-corrected chi connectivity index (χ4v) is 4.51. The minimum atomic E-state index is -0.543. The lowest BCUT2D eigenvalue weighted by Gasteiger charge is -2.38. The van der Waals surface area contributed by atoms with Crippen LogP contribution in [0.5, 0.6) is 34.5 Å². The number of phenols is 1. The first-order valence-corrected chi connectivity index (χ1v) is 10.9. The molecule has 34 heavy (non-hydrogen) atoms. The van der Waals surface area contributed by atoms with Gasteiger partial charge in [0.15, 0.2) is 23.0 Å². The van der Waals surface area contributed by atoms with E-state index >= 15 is 0 Å². The minimum absolute atomic E-state index is 0.113. The highest BCUT2D eigenvalue weighted by Gasteiger charge is 2.42. The quantitative estimate of drug-likeness (QED) is 0.570. The summed E-state index contributed by atoms with van der Waals surface area (Å²) < 4.78 is 28.4. The lowest BCUT2D eigenvalue weighted by Crippen LogP contribution is -2.33. The molecule has 2 unspecified atom stereocenters. The van der Waals surface area contributed by atoms with Gasteiger partial charge in [-0.1, -0.05) is 12.1 Å². The Morgan fingerprint density at radius 3 is 2.41 bits per heavy atom. The van der Waals surface area contributed by atoms with Gasteiger partial charge in [-0.15, -0.1) is 0 Å². The molecule has 3 aromatic rings. The second-order valence-electron chi connectivity index (χ2n) is 7.99. The Balaban J connectivity index is 1.63. The third kappa shape index (κ3) is 3.51. The number of hydrazone groups is 1. The molecular weight excluding hydrogens is 436 g/mol. The Hall–Kier alpha value is -4.07. The summed E-state index contributed by atoms with van der Waals surface area (Å²) in [4.78, 5) is 0. The molecule has 0 amide bonds. The van der Waals surface area contributed by atoms with E-state index in [9.17, 15) is 5.11 Å². The van der Waals surface area contributed by atoms with E-state index in [0.29, 0.717) is 40.7 Å². The number of para-hydroxylation sites is 1. The number of hydrogen-bond acceptors (Lipinski definition) is 8. The highest BCUT2D eigenvalue weighted by atomic mass is 16.5. The van der Waals surface area contributed by atoms with Gasteiger partial charge < -0.3 is 28.8 Å². The fraction of sp³-hybridized carbons (Fsp3) is 0.269. The third-order valence-corrected chi connectivity index (χ3v) is 6.21. The molecule has 0 radical (unpaired) electrons. The van der Waals surface area contributed by atoms with Crippen molar-refractivity contribution in [2.45, 2.75) is 18.7 Å². The second-order valence-corrected chi connectivity index (χ2v) is 7.99. The number of ether oxygens (including phenoxy) is 5. The standard InChI is InChI=1S/C26H26N2O6/c1-30-16-9-10-21(29)18(13-16)19-14-20-17-6-5-7-23(32-3)25(17)34-26(28(20)27-19)15-8-11-22(31-2)24(12-15)33-4/h5-13,20,26,29H,14H2,1-4H3. The number of aromatic hydroxyl groups is 1. The molecule has 0 aromatic heterocycles. The lowest BCUT2D eigenvalue weighted by atomic mass is 9.95. The van der Waals surface area contributed by atoms with Gasteiger partial charge in [0.1, 0.15) is 11.5 Å². The summed E-state index contributed by atoms with van der Waals surface area (Å²) in [6, 6.07) is 16.5. The van der Waals surface area contributed by atoms with Crippen LogP contribution in [0.25, 0.3) is 0 Å². The Morgan fingerprint density at radius 2 is 1.68 bits per heavy atom. The average Bonchev–Trinajstić information content (AvgIpc) is 3.33. The van der Waals surface area contributed by atoms with Gasteiger partial charge in [0.05, 0.1) is 40.2 Å². The van der Waals surface area contributed by atoms with Crippen LogP contribution in [0.3, 0.4) is 0 Å². The molecule has 2 heterocycles. The van der Waals surface area contributed by atoms with Crippen molar-refractivity contribution in [1.29, 1.82) is 0 Å². The van der Waals surface area contributed by atoms with Crippen LogP contribution in [-0.2, 0) is 0 Å². The molecule has 5 rings (SSSR count). The molecule has 2 atom stereocenters. The van der Waals surface area contributed by atoms with Crippen LogP contribution in [0.15, 0.2) is 59.7 Å². The second kappa shape index (κ2) is 8.70. The summed E-state index contributed by atoms with van der Waals surface area (Å²) in [5.41, 5.74) is 3.19. The SMILES string of the molecule is COc1ccc(O)c(C2=NN3C(C2)c2cccc(OC)c2OC3c2ccc(OC)c(OC)c2)c1. The molecule has 1 N–H and O–H groups in total. The van der Waals surface area contributed by atoms with Gasteiger partial charge >= 0.3 is 0 Å². The van der Waals surface area contributed by atoms with Crippen LogP contribution < -0.4 is 23.7 Å². The Kier molecular flexibility index (Phi) is 5.57. The third-order valence-electron chi connectivity index (χ3n) is 6.21. The van der Waals surface area contributed by atoms with Gasteiger partial charge in [0.2, 0.25) is 6.23 Å². The van der Waals surface area contributed by atoms with Crippen LogP contribution in [0, 0.1) is 0 Å². The van der Waals surface area contributed by atoms with Crippen LogP contribution in [0.2, 0.25) is 0 Å². The van der Waals surface area contributed by atoms with Crippen molar-refractivity contribution in [1.82, 2.24) is 5.01 Å². The monoisotopic (exact) mass is 462 g/mol. The zero-order valence-corrected chi connectivity index (χ0v) is 19.4. The smallest absolute Gasteiger partial charge is 0.214 e. The van der Waals surface area contributed by atoms with E-state index < -0.39 is 6.23 Å². The topological polar surface area (TPSA) is 82.0 Å². The van der Waals surface area contributed by atoms with Crippen molar-refractivity contribution >= 4 is 5.71 Å². The maximum absolute atomic E-state index is 10.6. The predicted molar refractivity (Wildman–Crippen MR) is 126 cm³/mol. The Morgan fingerprint density at radius 1 is 0.882 bits per heavy atom. The molecule has 0 aliphatic carbocycles. The number of hydrogen-bond donors (Lipinski definition) is 1. The van der Waals surface area contributed by atoms with Gasteiger partial charge in [0.25, 0.3) is 0 Å². The van der Waals surface area contributed by atoms with E-state index in [1.165, 1.54) is 0 Å². The van der Waals surface area contributed by atoms with Crippen LogP contribution in [-0.4, -0.2) is 44.3 Å². The first-order valence-electron chi connectivity index (χ1n) is 10.9. The van der Waals surface area contributed by atoms with E-state index in [2.05, 4.69) is 0 Å². The Labute approximate surface area is 197 Å². The van der Waals surface area contributed by atoms with Crippen molar-refractivity contribution in [3.8, 4) is 34.5 Å². The minimum Gasteiger partial charge on any atom is -0.507 e. The van der Waals surface area contributed by atoms with Gasteiger partial charge in [-0.3, -0.25) is 0 Å². The van der Waals surface area contributed by atoms with Gasteiger partial charge in [-0.2, -0.15) is 5.10 Å². The zero-order valence-electron chi connectivity index (χ0n) is 19.4. The molecule has 176 valence electrons. The van der Waals surface area contributed by atoms with E-state index in [-0.39, 0.29) is 11.8 Å². The molecular formula is C26H26N2O6. The van der Waals surface area contributed by atoms with E-state index in [1.54, 1.807) is 46.6 Å². The molecule has 0 saturated carbocycles. The number of methoxy groups -OCH3 is 4. The van der Waals surface area contributed by atoms with Gasteiger partial charge in [0, 0.05) is 23.1 Å². The number of benzene rings is 3. The first-order chi connectivity index (χ1) is 16.6. The molecule has 8 nitrogen and oxygen atoms in total. The number of phenolic OH excluding ortho intramolecular Hbond substituents is 1. The molecule has 0 fully saturated rings. The van der Waals surface area contributed by atoms with E-state index in [0.717, 1.165) is 16.8 Å². The summed E-state index contributed by atoms with van der Waals surface area (Å²) >= 11 is 0. The van der Waals surface area contributed by atoms with Crippen molar-refractivity contribution in [2.24, 2.45) is 5.10 Å². The molecule has 3 aromatic carbocycles. The summed E-state index contributed by atoms with van der Waals surface area (Å²) in [6.07, 6.45) is 0.0347. The lowest BCUT2D eigenvalue weighted by molar-refractivity contribution is -0.0210. The fourth-order valence-electron chi connectivity index (χ4n) is 4.51. The predicted octanol–water partition coefficient (Wildman–Crippen LogP) is 4.67. The Bertz CT molecular complexity index is 1260. The zero-order chi connectivity index (χ0) is 23.8. The maximum Gasteiger partial charge on any atom is 0.214 e. The molecule has 2 aliphatic rings. The molecule has 8 heteroatoms. The molecule has 0 bridgehead atoms. The van der Waals surface area contributed by atoms with E-state index in [4.69, 9.17) is 28.8 Å². The summed E-state index contributed by atoms with van der Waals surface area (Å²) in [5.74, 6) is 3.35. The van der Waals surface area contributed by atoms with Crippen molar-refractivity contribution in [3.05, 3.63) is 71.3 Å². The maximum atomic E-state index is 10.6. The highest BCUT2D eigenvalue weighted by Crippen LogP contribution is 2.51. The average molecular weight is 463 g/mol. The van der Waals surface area contributed by atoms with Crippen molar-refractivity contribution in [2.75, 3.05) is 28.4 Å². The summed E-state index contributed by atoms with van der Waals surface area (Å²) in [5, 5.41) is 17.4. The number of rotatable bonds is 6. The molecule has 0 saturated heterocycles. The van der Waals surface area contributed by atoms with Crippen LogP contribution >= 0.6 is 0 Å². The highest BCUT2D eigenvalue weighted by molar-refractivity contribution is 6.04. The number of fused-ring (bicyclic) bond motifs is 3. The van der Waals surface area contributed by atoms with Gasteiger partial charge in [-0.05, 0) is 42.5 Å². The molecule has 0 spiro atoms. The number of nitrogens with zero attached hydrogens (tertiary/aromatic N) is 2. The first kappa shape index (κ1) is 21.8. The summed E-state index contributed by atoms with van der Waals surface area (Å²) in [7, 11) is 6.42. The van der Waals surface area contributed by atoms with E-state index in [1.807, 2.05) is 41.4 Å². The molecule has 2 aliphatic heterocycles. The van der Waals surface area contributed by atoms with Gasteiger partial charge in [-0.25, -0.2) is 5.01 Å². The normalized spacial score (nSPS) is 18.4. The van der Waals surface area contributed by atoms with Crippen LogP contribution in [0.1, 0.15) is 35.4 Å². The van der Waals surface area contributed by atoms with Crippen molar-refractivity contribution in [3.63, 3.8) is 0 Å². The summed E-state index contributed by atoms with van der Waals surface area (Å²) in [6.45, 7) is 0. The van der Waals surface area contributed by atoms with Crippen LogP contribution in [0.4, 0.5) is 0 Å². The largest absolute Gasteiger partial charge is 0.507 e.